The number of Topliss-reactive ketones (excluding diaryl/α,β-unsaturated/α-hetero) is 3. The van der Waals surface area contributed by atoms with Crippen molar-refractivity contribution in [3.8, 4) is 17.2 Å². The Morgan fingerprint density at radius 1 is 0.388 bits per heavy atom. The van der Waals surface area contributed by atoms with Crippen LogP contribution >= 0.6 is 12.4 Å². The zero-order chi connectivity index (χ0) is 57.2. The van der Waals surface area contributed by atoms with Gasteiger partial charge >= 0.3 is 0 Å². The molecule has 0 bridgehead atoms. The molecule has 18 nitrogen and oxygen atoms in total. The lowest BCUT2D eigenvalue weighted by atomic mass is 9.83. The number of unbranched alkanes of at least 4 members (excludes halogenated alkanes) is 3. The van der Waals surface area contributed by atoms with E-state index in [-0.39, 0.29) is 68.2 Å². The lowest BCUT2D eigenvalue weighted by Gasteiger charge is -2.28. The van der Waals surface area contributed by atoms with Crippen LogP contribution in [0.3, 0.4) is 0 Å². The van der Waals surface area contributed by atoms with Crippen LogP contribution in [0.2, 0.25) is 0 Å². The number of hydrogen-bond donors (Lipinski definition) is 12. The third-order valence-electron chi connectivity index (χ3n) is 14.1. The standard InChI is InChI=1S/C61H73N9O9.ClH/c62-31-4-1-28-59(65,52(74)37-40-10-7-13-49(71)34-40)56(77)68-46-22-16-43(17-23-46)55(44-18-24-47(25-19-44)69-57(78)60(66,29-2-5-32-63)53(75)38-41-11-8-14-50(72)35-41)45-20-26-48(27-21-45)70-58(79)61(67,30-3-6-33-64)54(76)39-42-12-9-15-51(73)36-42;/h7-27,34-36,55,71-73H,1-6,28-33,37-39,62-67H2,(H,68,77)(H,69,78)(H,70,79);1H/t59-,60-,61-;/m0./s1. The maximum atomic E-state index is 14.0. The lowest BCUT2D eigenvalue weighted by Crippen LogP contribution is -2.58. The van der Waals surface area contributed by atoms with Crippen molar-refractivity contribution in [1.82, 2.24) is 0 Å². The first kappa shape index (κ1) is 63.0. The molecule has 3 amide bonds. The second kappa shape index (κ2) is 29.4. The number of amides is 3. The Labute approximate surface area is 472 Å². The van der Waals surface area contributed by atoms with E-state index >= 15 is 0 Å². The Bertz CT molecular complexity index is 2750. The van der Waals surface area contributed by atoms with Crippen LogP contribution in [-0.4, -0.2) is 86.6 Å². The van der Waals surface area contributed by atoms with Crippen molar-refractivity contribution in [2.24, 2.45) is 34.4 Å². The zero-order valence-electron chi connectivity index (χ0n) is 44.7. The molecule has 19 heteroatoms. The number of nitrogens with one attached hydrogen (secondary N) is 3. The summed E-state index contributed by atoms with van der Waals surface area (Å²) in [6.07, 6.45) is 2.40. The first-order valence-corrected chi connectivity index (χ1v) is 26.5. The maximum absolute atomic E-state index is 14.0. The van der Waals surface area contributed by atoms with Gasteiger partial charge in [-0.15, -0.1) is 12.4 Å². The van der Waals surface area contributed by atoms with Gasteiger partial charge in [-0.3, -0.25) is 28.8 Å². The number of hydrogen-bond acceptors (Lipinski definition) is 15. The lowest BCUT2D eigenvalue weighted by molar-refractivity contribution is -0.134. The minimum atomic E-state index is -1.92. The number of halogens is 1. The third kappa shape index (κ3) is 16.6. The summed E-state index contributed by atoms with van der Waals surface area (Å²) in [5, 5.41) is 38.6. The first-order valence-electron chi connectivity index (χ1n) is 26.5. The molecule has 0 aliphatic carbocycles. The number of benzene rings is 6. The van der Waals surface area contributed by atoms with Gasteiger partial charge < -0.3 is 65.7 Å². The summed E-state index contributed by atoms with van der Waals surface area (Å²) in [5.74, 6) is -4.32. The van der Waals surface area contributed by atoms with Crippen molar-refractivity contribution in [2.75, 3.05) is 35.6 Å². The summed E-state index contributed by atoms with van der Waals surface area (Å²) in [7, 11) is 0. The maximum Gasteiger partial charge on any atom is 0.252 e. The van der Waals surface area contributed by atoms with E-state index in [0.29, 0.717) is 91.9 Å². The van der Waals surface area contributed by atoms with Gasteiger partial charge in [0.15, 0.2) is 34.0 Å². The van der Waals surface area contributed by atoms with Crippen LogP contribution in [0.15, 0.2) is 146 Å². The summed E-state index contributed by atoms with van der Waals surface area (Å²) in [4.78, 5) is 83.5. The monoisotopic (exact) mass is 1110 g/mol. The van der Waals surface area contributed by atoms with Crippen molar-refractivity contribution in [3.63, 3.8) is 0 Å². The van der Waals surface area contributed by atoms with Crippen LogP contribution in [0.5, 0.6) is 17.2 Å². The zero-order valence-corrected chi connectivity index (χ0v) is 45.5. The Balaban J connectivity index is 0.0000118. The highest BCUT2D eigenvalue weighted by molar-refractivity contribution is 6.17. The number of ketones is 3. The molecule has 0 aliphatic rings. The van der Waals surface area contributed by atoms with Crippen molar-refractivity contribution in [2.45, 2.75) is 99.6 Å². The largest absolute Gasteiger partial charge is 0.508 e. The molecule has 0 saturated carbocycles. The fourth-order valence-electron chi connectivity index (χ4n) is 9.39. The van der Waals surface area contributed by atoms with E-state index in [4.69, 9.17) is 34.4 Å². The first-order chi connectivity index (χ1) is 37.8. The Hall–Kier alpha value is -7.81. The molecule has 6 rings (SSSR count). The van der Waals surface area contributed by atoms with E-state index in [1.165, 1.54) is 36.4 Å². The van der Waals surface area contributed by atoms with Gasteiger partial charge in [-0.2, -0.15) is 0 Å². The number of nitrogens with two attached hydrogens (primary N) is 6. The molecular formula is C61H74ClN9O9. The summed E-state index contributed by atoms with van der Waals surface area (Å²) in [6, 6.07) is 39.5. The topological polar surface area (TPSA) is 355 Å². The highest BCUT2D eigenvalue weighted by Gasteiger charge is 2.43. The minimum Gasteiger partial charge on any atom is -0.508 e. The molecule has 0 saturated heterocycles. The fourth-order valence-corrected chi connectivity index (χ4v) is 9.39. The highest BCUT2D eigenvalue weighted by atomic mass is 35.5. The van der Waals surface area contributed by atoms with Crippen molar-refractivity contribution in [1.29, 1.82) is 0 Å². The van der Waals surface area contributed by atoms with Gasteiger partial charge in [0.2, 0.25) is 0 Å². The molecule has 0 radical (unpaired) electrons. The van der Waals surface area contributed by atoms with Gasteiger partial charge in [0, 0.05) is 42.2 Å². The van der Waals surface area contributed by atoms with Crippen LogP contribution in [0.4, 0.5) is 17.1 Å². The average Bonchev–Trinajstić information content (AvgIpc) is 3.48. The predicted octanol–water partition coefficient (Wildman–Crippen LogP) is 6.14. The van der Waals surface area contributed by atoms with E-state index in [9.17, 15) is 44.1 Å². The average molecular weight is 1110 g/mol. The van der Waals surface area contributed by atoms with E-state index in [1.54, 1.807) is 109 Å². The van der Waals surface area contributed by atoms with Crippen LogP contribution in [0, 0.1) is 0 Å². The van der Waals surface area contributed by atoms with Gasteiger partial charge in [-0.25, -0.2) is 0 Å². The van der Waals surface area contributed by atoms with Crippen LogP contribution in [0.1, 0.15) is 97.1 Å². The molecule has 18 N–H and O–H groups in total. The number of phenolic OH excluding ortho intramolecular Hbond substituents is 3. The van der Waals surface area contributed by atoms with Gasteiger partial charge in [0.1, 0.15) is 17.2 Å². The van der Waals surface area contributed by atoms with Gasteiger partial charge in [0.25, 0.3) is 17.7 Å². The smallest absolute Gasteiger partial charge is 0.252 e. The third-order valence-corrected chi connectivity index (χ3v) is 14.1. The molecule has 0 aliphatic heterocycles. The second-order valence-corrected chi connectivity index (χ2v) is 20.1. The molecule has 0 spiro atoms. The van der Waals surface area contributed by atoms with Gasteiger partial charge in [-0.05, 0) is 184 Å². The fraction of sp³-hybridized carbons (Fsp3) is 0.311. The van der Waals surface area contributed by atoms with E-state index in [0.717, 1.165) is 16.7 Å². The normalized spacial score (nSPS) is 13.4. The minimum absolute atomic E-state index is 0. The molecular weight excluding hydrogens is 1040 g/mol. The number of rotatable bonds is 30. The molecule has 6 aromatic carbocycles. The number of aromatic hydroxyl groups is 3. The summed E-state index contributed by atoms with van der Waals surface area (Å²) in [5.41, 5.74) is 36.3. The van der Waals surface area contributed by atoms with Crippen molar-refractivity contribution < 1.29 is 44.1 Å². The van der Waals surface area contributed by atoms with Gasteiger partial charge in [0.05, 0.1) is 0 Å². The summed E-state index contributed by atoms with van der Waals surface area (Å²) in [6.45, 7) is 1.03. The molecule has 0 heterocycles. The summed E-state index contributed by atoms with van der Waals surface area (Å²) >= 11 is 0. The van der Waals surface area contributed by atoms with Crippen molar-refractivity contribution >= 4 is 64.5 Å². The van der Waals surface area contributed by atoms with E-state index in [1.807, 2.05) is 0 Å². The molecule has 3 atom stereocenters. The second-order valence-electron chi connectivity index (χ2n) is 20.1. The molecule has 0 aromatic heterocycles. The molecule has 6 aromatic rings. The molecule has 0 fully saturated rings. The quantitative estimate of drug-likeness (QED) is 0.0137. The Morgan fingerprint density at radius 3 is 0.863 bits per heavy atom. The van der Waals surface area contributed by atoms with E-state index < -0.39 is 57.6 Å². The number of anilines is 3. The van der Waals surface area contributed by atoms with Crippen LogP contribution in [-0.2, 0) is 48.0 Å². The highest BCUT2D eigenvalue weighted by Crippen LogP contribution is 2.35. The van der Waals surface area contributed by atoms with Crippen LogP contribution in [0.25, 0.3) is 0 Å². The van der Waals surface area contributed by atoms with E-state index in [2.05, 4.69) is 16.0 Å². The van der Waals surface area contributed by atoms with Crippen molar-refractivity contribution in [3.05, 3.63) is 179 Å². The Morgan fingerprint density at radius 2 is 0.637 bits per heavy atom. The summed E-state index contributed by atoms with van der Waals surface area (Å²) < 4.78 is 0. The molecule has 0 unspecified atom stereocenters. The number of carbonyl (C=O) groups is 6. The molecule has 80 heavy (non-hydrogen) atoms. The van der Waals surface area contributed by atoms with Crippen LogP contribution < -0.4 is 50.4 Å². The number of phenols is 3. The predicted molar refractivity (Wildman–Crippen MR) is 313 cm³/mol. The Kier molecular flexibility index (Phi) is 23.2. The van der Waals surface area contributed by atoms with Gasteiger partial charge in [-0.1, -0.05) is 72.8 Å². The SMILES string of the molecule is Cl.NCCCC[C@](N)(C(=O)Cc1cccc(O)c1)C(=O)Nc1ccc(C(c2ccc(NC(=O)[C@](N)(CCCCN)C(=O)Cc3cccc(O)c3)cc2)c2ccc(NC(=O)[C@](N)(CCCCN)C(=O)Cc3cccc(O)c3)cc2)cc1. The number of carbonyl (C=O) groups excluding carboxylic acids is 6. The molecule has 424 valence electrons.